The molecule has 2 aromatic heterocycles. The highest BCUT2D eigenvalue weighted by Gasteiger charge is 2.21. The fourth-order valence-electron chi connectivity index (χ4n) is 3.40. The number of rotatable bonds is 8. The van der Waals surface area contributed by atoms with Crippen LogP contribution in [0.2, 0.25) is 10.0 Å². The molecule has 0 saturated carbocycles. The quantitative estimate of drug-likeness (QED) is 0.583. The van der Waals surface area contributed by atoms with E-state index < -0.39 is 11.2 Å². The summed E-state index contributed by atoms with van der Waals surface area (Å²) in [6, 6.07) is 5.03. The van der Waals surface area contributed by atoms with E-state index in [9.17, 15) is 14.7 Å². The lowest BCUT2D eigenvalue weighted by molar-refractivity contribution is 0.265. The van der Waals surface area contributed by atoms with Crippen molar-refractivity contribution in [1.29, 1.82) is 0 Å². The third-order valence-electron chi connectivity index (χ3n) is 4.84. The Morgan fingerprint density at radius 2 is 1.76 bits per heavy atom. The third kappa shape index (κ3) is 4.13. The zero-order valence-electron chi connectivity index (χ0n) is 16.5. The average molecular weight is 439 g/mol. The molecule has 2 heterocycles. The fraction of sp³-hybridized carbons (Fsp3) is 0.450. The second kappa shape index (κ2) is 9.15. The average Bonchev–Trinajstić information content (AvgIpc) is 3.06. The van der Waals surface area contributed by atoms with Crippen molar-refractivity contribution in [3.8, 4) is 0 Å². The molecular formula is C20H24Cl2N4O3. The normalized spacial score (nSPS) is 11.5. The summed E-state index contributed by atoms with van der Waals surface area (Å²) in [5.74, 6) is 0.385. The number of fused-ring (bicyclic) bond motifs is 1. The lowest BCUT2D eigenvalue weighted by atomic mass is 10.2. The van der Waals surface area contributed by atoms with Crippen LogP contribution in [0.25, 0.3) is 11.2 Å². The minimum Gasteiger partial charge on any atom is -0.388 e. The standard InChI is InChI=1S/C20H24Cl2N4O3/c1-3-5-9-25-18-17(24(8-4-2)16(12-27)23-18)19(28)26(20(25)29)11-13-6-7-14(21)15(22)10-13/h6-7,10,27H,3-5,8-9,11-12H2,1-2H3. The van der Waals surface area contributed by atoms with Crippen molar-refractivity contribution in [3.63, 3.8) is 0 Å². The molecule has 0 bridgehead atoms. The molecule has 3 rings (SSSR count). The Morgan fingerprint density at radius 1 is 1.00 bits per heavy atom. The largest absolute Gasteiger partial charge is 0.388 e. The summed E-state index contributed by atoms with van der Waals surface area (Å²) in [5, 5.41) is 10.5. The van der Waals surface area contributed by atoms with Crippen LogP contribution in [0, 0.1) is 0 Å². The van der Waals surface area contributed by atoms with E-state index >= 15 is 0 Å². The van der Waals surface area contributed by atoms with Crippen LogP contribution in [0.3, 0.4) is 0 Å². The van der Waals surface area contributed by atoms with Crippen LogP contribution >= 0.6 is 23.2 Å². The van der Waals surface area contributed by atoms with Crippen LogP contribution < -0.4 is 11.2 Å². The van der Waals surface area contributed by atoms with E-state index in [1.165, 1.54) is 9.13 Å². The Balaban J connectivity index is 2.28. The molecule has 0 aliphatic carbocycles. The van der Waals surface area contributed by atoms with Crippen LogP contribution in [0.5, 0.6) is 0 Å². The van der Waals surface area contributed by atoms with Gasteiger partial charge >= 0.3 is 5.69 Å². The summed E-state index contributed by atoms with van der Waals surface area (Å²) in [5.41, 5.74) is 0.518. The molecule has 0 fully saturated rings. The second-order valence-corrected chi connectivity index (χ2v) is 7.75. The van der Waals surface area contributed by atoms with Crippen molar-refractivity contribution in [2.24, 2.45) is 0 Å². The number of imidazole rings is 1. The van der Waals surface area contributed by atoms with E-state index in [0.717, 1.165) is 19.3 Å². The number of aliphatic hydroxyl groups is 1. The van der Waals surface area contributed by atoms with Crippen molar-refractivity contribution in [2.45, 2.75) is 59.4 Å². The van der Waals surface area contributed by atoms with E-state index in [2.05, 4.69) is 4.98 Å². The Hall–Kier alpha value is -2.09. The number of unbranched alkanes of at least 4 members (excludes halogenated alkanes) is 1. The first-order valence-corrected chi connectivity index (χ1v) is 10.5. The number of hydrogen-bond acceptors (Lipinski definition) is 4. The molecule has 29 heavy (non-hydrogen) atoms. The van der Waals surface area contributed by atoms with Crippen LogP contribution in [-0.4, -0.2) is 23.8 Å². The summed E-state index contributed by atoms with van der Waals surface area (Å²) in [6.07, 6.45) is 2.43. The molecule has 0 saturated heterocycles. The first-order chi connectivity index (χ1) is 13.9. The summed E-state index contributed by atoms with van der Waals surface area (Å²) in [6.45, 7) is 4.75. The number of nitrogens with zero attached hydrogens (tertiary/aromatic N) is 4. The van der Waals surface area contributed by atoms with Gasteiger partial charge in [-0.15, -0.1) is 0 Å². The Morgan fingerprint density at radius 3 is 2.38 bits per heavy atom. The van der Waals surface area contributed by atoms with Crippen molar-refractivity contribution in [2.75, 3.05) is 0 Å². The van der Waals surface area contributed by atoms with E-state index in [1.807, 2.05) is 13.8 Å². The molecular weight excluding hydrogens is 415 g/mol. The van der Waals surface area contributed by atoms with Gasteiger partial charge in [-0.25, -0.2) is 9.78 Å². The molecule has 7 nitrogen and oxygen atoms in total. The summed E-state index contributed by atoms with van der Waals surface area (Å²) in [4.78, 5) is 30.9. The molecule has 9 heteroatoms. The summed E-state index contributed by atoms with van der Waals surface area (Å²) < 4.78 is 4.44. The second-order valence-electron chi connectivity index (χ2n) is 6.94. The maximum Gasteiger partial charge on any atom is 0.333 e. The van der Waals surface area contributed by atoms with Gasteiger partial charge in [0.1, 0.15) is 12.4 Å². The molecule has 0 spiro atoms. The number of aliphatic hydroxyl groups excluding tert-OH is 1. The van der Waals surface area contributed by atoms with Gasteiger partial charge in [0.2, 0.25) is 0 Å². The summed E-state index contributed by atoms with van der Waals surface area (Å²) in [7, 11) is 0. The molecule has 0 radical (unpaired) electrons. The molecule has 0 atom stereocenters. The highest BCUT2D eigenvalue weighted by Crippen LogP contribution is 2.23. The molecule has 156 valence electrons. The van der Waals surface area contributed by atoms with Gasteiger partial charge in [-0.1, -0.05) is 49.5 Å². The van der Waals surface area contributed by atoms with Gasteiger partial charge < -0.3 is 9.67 Å². The van der Waals surface area contributed by atoms with E-state index in [0.29, 0.717) is 45.7 Å². The third-order valence-corrected chi connectivity index (χ3v) is 5.58. The minimum absolute atomic E-state index is 0.0718. The molecule has 0 aliphatic rings. The molecule has 1 aromatic carbocycles. The maximum absolute atomic E-state index is 13.3. The highest BCUT2D eigenvalue weighted by atomic mass is 35.5. The molecule has 0 aliphatic heterocycles. The van der Waals surface area contributed by atoms with Gasteiger partial charge in [0, 0.05) is 13.1 Å². The zero-order chi connectivity index (χ0) is 21.1. The van der Waals surface area contributed by atoms with Crippen molar-refractivity contribution in [3.05, 3.63) is 60.5 Å². The monoisotopic (exact) mass is 438 g/mol. The number of hydrogen-bond donors (Lipinski definition) is 1. The van der Waals surface area contributed by atoms with Crippen LogP contribution in [0.4, 0.5) is 0 Å². The van der Waals surface area contributed by atoms with Crippen molar-refractivity contribution in [1.82, 2.24) is 18.7 Å². The van der Waals surface area contributed by atoms with Crippen molar-refractivity contribution < 1.29 is 5.11 Å². The van der Waals surface area contributed by atoms with Gasteiger partial charge in [-0.3, -0.25) is 13.9 Å². The Bertz CT molecular complexity index is 1150. The van der Waals surface area contributed by atoms with Gasteiger partial charge in [0.05, 0.1) is 16.6 Å². The van der Waals surface area contributed by atoms with Gasteiger partial charge in [-0.05, 0) is 30.5 Å². The van der Waals surface area contributed by atoms with Crippen molar-refractivity contribution >= 4 is 34.4 Å². The van der Waals surface area contributed by atoms with Gasteiger partial charge in [-0.2, -0.15) is 0 Å². The minimum atomic E-state index is -0.426. The van der Waals surface area contributed by atoms with Crippen LogP contribution in [0.15, 0.2) is 27.8 Å². The van der Waals surface area contributed by atoms with Crippen LogP contribution in [0.1, 0.15) is 44.5 Å². The molecule has 3 aromatic rings. The van der Waals surface area contributed by atoms with Gasteiger partial charge in [0.15, 0.2) is 11.2 Å². The van der Waals surface area contributed by atoms with E-state index in [-0.39, 0.29) is 13.2 Å². The lowest BCUT2D eigenvalue weighted by Gasteiger charge is -2.13. The van der Waals surface area contributed by atoms with E-state index in [4.69, 9.17) is 23.2 Å². The smallest absolute Gasteiger partial charge is 0.333 e. The predicted molar refractivity (Wildman–Crippen MR) is 115 cm³/mol. The summed E-state index contributed by atoms with van der Waals surface area (Å²) >= 11 is 12.1. The Labute approximate surface area is 178 Å². The molecule has 0 unspecified atom stereocenters. The highest BCUT2D eigenvalue weighted by molar-refractivity contribution is 6.42. The Kier molecular flexibility index (Phi) is 6.82. The maximum atomic E-state index is 13.3. The number of aryl methyl sites for hydroxylation is 2. The SMILES string of the molecule is CCCCn1c(=O)n(Cc2ccc(Cl)c(Cl)c2)c(=O)c2c1nc(CO)n2CCC. The number of halogens is 2. The van der Waals surface area contributed by atoms with Crippen LogP contribution in [-0.2, 0) is 26.2 Å². The fourth-order valence-corrected chi connectivity index (χ4v) is 3.72. The topological polar surface area (TPSA) is 82.1 Å². The number of aromatic nitrogens is 4. The first kappa shape index (κ1) is 21.6. The van der Waals surface area contributed by atoms with Gasteiger partial charge in [0.25, 0.3) is 5.56 Å². The molecule has 1 N–H and O–H groups in total. The predicted octanol–water partition coefficient (Wildman–Crippen LogP) is 3.42. The lowest BCUT2D eigenvalue weighted by Crippen LogP contribution is -2.41. The molecule has 0 amide bonds. The van der Waals surface area contributed by atoms with E-state index in [1.54, 1.807) is 22.8 Å². The first-order valence-electron chi connectivity index (χ1n) is 9.70. The number of benzene rings is 1. The zero-order valence-corrected chi connectivity index (χ0v) is 18.0.